The molecule has 0 spiro atoms. The number of carbonyl (C=O) groups excluding carboxylic acids is 1. The molecular weight excluding hydrogens is 290 g/mol. The maximum atomic E-state index is 13.7. The molecule has 4 nitrogen and oxygen atoms in total. The van der Waals surface area contributed by atoms with Crippen LogP contribution in [0.25, 0.3) is 10.9 Å². The van der Waals surface area contributed by atoms with Crippen molar-refractivity contribution in [2.75, 3.05) is 0 Å². The minimum Gasteiger partial charge on any atom is -0.455 e. The van der Waals surface area contributed by atoms with Crippen LogP contribution >= 0.6 is 0 Å². The number of nitrogens with zero attached hydrogens (tertiary/aromatic N) is 1. The van der Waals surface area contributed by atoms with Crippen molar-refractivity contribution >= 4 is 16.8 Å². The first-order valence-corrected chi connectivity index (χ1v) is 6.36. The minimum atomic E-state index is -0.937. The van der Waals surface area contributed by atoms with Gasteiger partial charge < -0.3 is 10.5 Å². The van der Waals surface area contributed by atoms with Gasteiger partial charge in [0.2, 0.25) is 0 Å². The van der Waals surface area contributed by atoms with Crippen molar-refractivity contribution in [3.8, 4) is 11.5 Å². The maximum Gasteiger partial charge on any atom is 0.255 e. The molecule has 0 radical (unpaired) electrons. The van der Waals surface area contributed by atoms with E-state index in [-0.39, 0.29) is 22.6 Å². The van der Waals surface area contributed by atoms with E-state index < -0.39 is 17.5 Å². The van der Waals surface area contributed by atoms with E-state index in [1.807, 2.05) is 0 Å². The zero-order chi connectivity index (χ0) is 15.7. The third-order valence-corrected chi connectivity index (χ3v) is 3.09. The number of halogens is 2. The highest BCUT2D eigenvalue weighted by Crippen LogP contribution is 2.28. The fourth-order valence-corrected chi connectivity index (χ4v) is 2.11. The van der Waals surface area contributed by atoms with Crippen LogP contribution in [-0.2, 0) is 0 Å². The van der Waals surface area contributed by atoms with Crippen LogP contribution in [0.1, 0.15) is 10.4 Å². The number of fused-ring (bicyclic) bond motifs is 1. The Bertz CT molecular complexity index is 881. The van der Waals surface area contributed by atoms with E-state index in [0.717, 1.165) is 6.07 Å². The minimum absolute atomic E-state index is 0.0231. The highest BCUT2D eigenvalue weighted by Gasteiger charge is 2.16. The first kappa shape index (κ1) is 13.9. The summed E-state index contributed by atoms with van der Waals surface area (Å²) in [5.74, 6) is -1.94. The number of hydrogen-bond acceptors (Lipinski definition) is 3. The number of rotatable bonds is 3. The van der Waals surface area contributed by atoms with Crippen molar-refractivity contribution in [3.05, 3.63) is 65.9 Å². The fraction of sp³-hybridized carbons (Fsp3) is 0. The number of ether oxygens (including phenoxy) is 1. The summed E-state index contributed by atoms with van der Waals surface area (Å²) in [6.07, 6.45) is 1.29. The second-order valence-electron chi connectivity index (χ2n) is 4.56. The van der Waals surface area contributed by atoms with E-state index in [1.165, 1.54) is 24.4 Å². The molecule has 110 valence electrons. The molecule has 0 aliphatic carbocycles. The Morgan fingerprint density at radius 3 is 2.59 bits per heavy atom. The number of carbonyl (C=O) groups is 1. The van der Waals surface area contributed by atoms with Crippen LogP contribution < -0.4 is 10.5 Å². The molecule has 0 saturated carbocycles. The summed E-state index contributed by atoms with van der Waals surface area (Å²) in [5.41, 5.74) is 5.01. The Labute approximate surface area is 124 Å². The molecule has 2 N–H and O–H groups in total. The van der Waals surface area contributed by atoms with E-state index in [0.29, 0.717) is 5.39 Å². The lowest BCUT2D eigenvalue weighted by Crippen LogP contribution is -2.14. The molecule has 1 heterocycles. The third-order valence-electron chi connectivity index (χ3n) is 3.09. The molecule has 6 heteroatoms. The average Bonchev–Trinajstić information content (AvgIpc) is 2.47. The normalized spacial score (nSPS) is 10.6. The van der Waals surface area contributed by atoms with Gasteiger partial charge in [0, 0.05) is 5.39 Å². The molecule has 0 fully saturated rings. The number of benzene rings is 2. The van der Waals surface area contributed by atoms with E-state index >= 15 is 0 Å². The molecule has 1 amide bonds. The van der Waals surface area contributed by atoms with Gasteiger partial charge in [-0.05, 0) is 24.3 Å². The molecule has 0 bridgehead atoms. The van der Waals surface area contributed by atoms with Crippen LogP contribution in [-0.4, -0.2) is 10.9 Å². The Balaban J connectivity index is 2.04. The summed E-state index contributed by atoms with van der Waals surface area (Å²) in [6.45, 7) is 0. The first-order chi connectivity index (χ1) is 10.6. The van der Waals surface area contributed by atoms with Gasteiger partial charge in [-0.2, -0.15) is 0 Å². The maximum absolute atomic E-state index is 13.7. The van der Waals surface area contributed by atoms with Crippen LogP contribution in [0, 0.1) is 11.6 Å². The zero-order valence-electron chi connectivity index (χ0n) is 11.2. The highest BCUT2D eigenvalue weighted by atomic mass is 19.1. The van der Waals surface area contributed by atoms with Crippen molar-refractivity contribution in [1.82, 2.24) is 4.98 Å². The van der Waals surface area contributed by atoms with Gasteiger partial charge in [0.1, 0.15) is 34.2 Å². The van der Waals surface area contributed by atoms with Gasteiger partial charge in [-0.15, -0.1) is 0 Å². The molecule has 0 aliphatic heterocycles. The molecule has 0 aliphatic rings. The second kappa shape index (κ2) is 5.40. The lowest BCUT2D eigenvalue weighted by Gasteiger charge is -2.10. The van der Waals surface area contributed by atoms with Crippen molar-refractivity contribution in [1.29, 1.82) is 0 Å². The summed E-state index contributed by atoms with van der Waals surface area (Å²) < 4.78 is 32.7. The third kappa shape index (κ3) is 2.46. The zero-order valence-corrected chi connectivity index (χ0v) is 11.2. The van der Waals surface area contributed by atoms with Crippen molar-refractivity contribution < 1.29 is 18.3 Å². The predicted molar refractivity (Wildman–Crippen MR) is 76.7 cm³/mol. The van der Waals surface area contributed by atoms with Gasteiger partial charge in [0.25, 0.3) is 5.91 Å². The summed E-state index contributed by atoms with van der Waals surface area (Å²) in [4.78, 5) is 15.3. The molecule has 3 rings (SSSR count). The molecule has 0 saturated heterocycles. The average molecular weight is 300 g/mol. The number of pyridine rings is 1. The molecule has 3 aromatic rings. The van der Waals surface area contributed by atoms with E-state index in [1.54, 1.807) is 18.2 Å². The number of para-hydroxylation sites is 1. The smallest absolute Gasteiger partial charge is 0.255 e. The topological polar surface area (TPSA) is 65.2 Å². The monoisotopic (exact) mass is 300 g/mol. The first-order valence-electron chi connectivity index (χ1n) is 6.36. The van der Waals surface area contributed by atoms with Gasteiger partial charge in [-0.3, -0.25) is 4.79 Å². The molecule has 0 atom stereocenters. The van der Waals surface area contributed by atoms with E-state index in [2.05, 4.69) is 4.98 Å². The van der Waals surface area contributed by atoms with Crippen LogP contribution in [0.3, 0.4) is 0 Å². The summed E-state index contributed by atoms with van der Waals surface area (Å²) in [7, 11) is 0. The van der Waals surface area contributed by atoms with Gasteiger partial charge in [-0.25, -0.2) is 13.8 Å². The molecule has 22 heavy (non-hydrogen) atoms. The molecule has 1 aromatic heterocycles. The van der Waals surface area contributed by atoms with Crippen LogP contribution in [0.5, 0.6) is 11.5 Å². The number of hydrogen-bond donors (Lipinski definition) is 1. The van der Waals surface area contributed by atoms with Crippen molar-refractivity contribution in [2.24, 2.45) is 5.73 Å². The quantitative estimate of drug-likeness (QED) is 0.806. The lowest BCUT2D eigenvalue weighted by atomic mass is 10.1. The van der Waals surface area contributed by atoms with Gasteiger partial charge in [-0.1, -0.05) is 18.2 Å². The van der Waals surface area contributed by atoms with Crippen LogP contribution in [0.2, 0.25) is 0 Å². The fourth-order valence-electron chi connectivity index (χ4n) is 2.11. The second-order valence-corrected chi connectivity index (χ2v) is 4.56. The van der Waals surface area contributed by atoms with Gasteiger partial charge in [0.15, 0.2) is 0 Å². The summed E-state index contributed by atoms with van der Waals surface area (Å²) in [6, 6.07) is 9.97. The van der Waals surface area contributed by atoms with Crippen LogP contribution in [0.15, 0.2) is 48.7 Å². The number of nitrogens with two attached hydrogens (primary N) is 1. The Morgan fingerprint density at radius 1 is 1.09 bits per heavy atom. The summed E-state index contributed by atoms with van der Waals surface area (Å²) in [5, 5.41) is 0.523. The number of primary amides is 1. The molecule has 2 aromatic carbocycles. The van der Waals surface area contributed by atoms with Crippen molar-refractivity contribution in [3.63, 3.8) is 0 Å². The Kier molecular flexibility index (Phi) is 3.42. The summed E-state index contributed by atoms with van der Waals surface area (Å²) >= 11 is 0. The number of aromatic nitrogens is 1. The van der Waals surface area contributed by atoms with E-state index in [4.69, 9.17) is 10.5 Å². The largest absolute Gasteiger partial charge is 0.455 e. The number of amides is 1. The Hall–Kier alpha value is -3.02. The van der Waals surface area contributed by atoms with E-state index in [9.17, 15) is 13.6 Å². The van der Waals surface area contributed by atoms with Crippen molar-refractivity contribution in [2.45, 2.75) is 0 Å². The standard InChI is InChI=1S/C16H10F2N2O2/c17-11-4-2-6-13(14(11)16(19)21)22-10-7-9-3-1-5-12(18)15(9)20-8-10/h1-8H,(H2,19,21). The lowest BCUT2D eigenvalue weighted by molar-refractivity contribution is 0.0994. The molecule has 0 unspecified atom stereocenters. The molecular formula is C16H10F2N2O2. The predicted octanol–water partition coefficient (Wildman–Crippen LogP) is 3.40. The van der Waals surface area contributed by atoms with Crippen LogP contribution in [0.4, 0.5) is 8.78 Å². The Morgan fingerprint density at radius 2 is 1.82 bits per heavy atom. The van der Waals surface area contributed by atoms with Gasteiger partial charge >= 0.3 is 0 Å². The SMILES string of the molecule is NC(=O)c1c(F)cccc1Oc1cnc2c(F)cccc2c1. The highest BCUT2D eigenvalue weighted by molar-refractivity contribution is 5.96. The van der Waals surface area contributed by atoms with Gasteiger partial charge in [0.05, 0.1) is 6.20 Å².